The minimum Gasteiger partial charge on any atom is -0.396 e. The maximum absolute atomic E-state index is 13.0. The molecule has 0 amide bonds. The molecule has 3 nitrogen and oxygen atoms in total. The summed E-state index contributed by atoms with van der Waals surface area (Å²) >= 11 is 0. The maximum Gasteiger partial charge on any atom is 0.123 e. The molecule has 96 valence electrons. The van der Waals surface area contributed by atoms with E-state index in [-0.39, 0.29) is 18.5 Å². The van der Waals surface area contributed by atoms with Crippen LogP contribution >= 0.6 is 0 Å². The van der Waals surface area contributed by atoms with Crippen molar-refractivity contribution in [2.24, 2.45) is 5.73 Å². The van der Waals surface area contributed by atoms with Gasteiger partial charge >= 0.3 is 0 Å². The first-order valence-corrected chi connectivity index (χ1v) is 5.99. The molecule has 0 aromatic heterocycles. The summed E-state index contributed by atoms with van der Waals surface area (Å²) in [5.74, 6) is -0.220. The average Bonchev–Trinajstić information content (AvgIpc) is 2.31. The second-order valence-electron chi connectivity index (χ2n) is 4.17. The molecule has 4 N–H and O–H groups in total. The first-order valence-electron chi connectivity index (χ1n) is 5.99. The van der Waals surface area contributed by atoms with Gasteiger partial charge in [0.2, 0.25) is 0 Å². The second-order valence-corrected chi connectivity index (χ2v) is 4.17. The van der Waals surface area contributed by atoms with Gasteiger partial charge in [-0.3, -0.25) is 0 Å². The van der Waals surface area contributed by atoms with E-state index in [0.717, 1.165) is 30.5 Å². The summed E-state index contributed by atoms with van der Waals surface area (Å²) in [6, 6.07) is 4.81. The van der Waals surface area contributed by atoms with Crippen LogP contribution in [0.25, 0.3) is 0 Å². The number of nitrogens with two attached hydrogens (primary N) is 1. The molecule has 0 bridgehead atoms. The summed E-state index contributed by atoms with van der Waals surface area (Å²) in [6.45, 7) is 3.38. The fraction of sp³-hybridized carbons (Fsp3) is 0.538. The average molecular weight is 240 g/mol. The summed E-state index contributed by atoms with van der Waals surface area (Å²) in [5.41, 5.74) is 7.67. The SMILES string of the molecule is Cc1cc(F)ccc1C(CN)NCCCCO. The normalized spacial score (nSPS) is 12.7. The number of unbranched alkanes of at least 4 members (excludes halogenated alkanes) is 1. The molecule has 0 fully saturated rings. The van der Waals surface area contributed by atoms with Crippen molar-refractivity contribution in [2.45, 2.75) is 25.8 Å². The van der Waals surface area contributed by atoms with Crippen LogP contribution < -0.4 is 11.1 Å². The van der Waals surface area contributed by atoms with Gasteiger partial charge in [-0.15, -0.1) is 0 Å². The highest BCUT2D eigenvalue weighted by Gasteiger charge is 2.11. The molecule has 1 aromatic rings. The highest BCUT2D eigenvalue weighted by molar-refractivity contribution is 5.29. The molecule has 0 aliphatic heterocycles. The van der Waals surface area contributed by atoms with Crippen LogP contribution in [0.3, 0.4) is 0 Å². The Balaban J connectivity index is 2.59. The van der Waals surface area contributed by atoms with Crippen LogP contribution in [0.5, 0.6) is 0 Å². The molecule has 0 saturated carbocycles. The van der Waals surface area contributed by atoms with E-state index in [9.17, 15) is 4.39 Å². The van der Waals surface area contributed by atoms with Crippen LogP contribution in [0.15, 0.2) is 18.2 Å². The van der Waals surface area contributed by atoms with Gasteiger partial charge in [-0.05, 0) is 49.6 Å². The van der Waals surface area contributed by atoms with Crippen molar-refractivity contribution in [3.8, 4) is 0 Å². The molecule has 1 atom stereocenters. The van der Waals surface area contributed by atoms with Gasteiger partial charge in [0.15, 0.2) is 0 Å². The second kappa shape index (κ2) is 7.37. The third-order valence-corrected chi connectivity index (χ3v) is 2.82. The molecule has 1 aromatic carbocycles. The van der Waals surface area contributed by atoms with Gasteiger partial charge in [0.25, 0.3) is 0 Å². The smallest absolute Gasteiger partial charge is 0.123 e. The lowest BCUT2D eigenvalue weighted by Crippen LogP contribution is -2.29. The van der Waals surface area contributed by atoms with Crippen LogP contribution in [0.4, 0.5) is 4.39 Å². The number of aliphatic hydroxyl groups is 1. The van der Waals surface area contributed by atoms with E-state index in [1.807, 2.05) is 6.92 Å². The lowest BCUT2D eigenvalue weighted by atomic mass is 10.0. The van der Waals surface area contributed by atoms with E-state index < -0.39 is 0 Å². The number of aliphatic hydroxyl groups excluding tert-OH is 1. The van der Waals surface area contributed by atoms with Crippen molar-refractivity contribution >= 4 is 0 Å². The Morgan fingerprint density at radius 2 is 2.18 bits per heavy atom. The first kappa shape index (κ1) is 14.1. The molecule has 0 saturated heterocycles. The Kier molecular flexibility index (Phi) is 6.11. The van der Waals surface area contributed by atoms with Gasteiger partial charge in [0.05, 0.1) is 0 Å². The molecule has 17 heavy (non-hydrogen) atoms. The zero-order valence-electron chi connectivity index (χ0n) is 10.2. The lowest BCUT2D eigenvalue weighted by molar-refractivity contribution is 0.282. The van der Waals surface area contributed by atoms with Crippen LogP contribution in [-0.2, 0) is 0 Å². The van der Waals surface area contributed by atoms with Crippen LogP contribution in [0.2, 0.25) is 0 Å². The van der Waals surface area contributed by atoms with Gasteiger partial charge in [-0.25, -0.2) is 4.39 Å². The molecule has 0 aliphatic carbocycles. The quantitative estimate of drug-likeness (QED) is 0.633. The standard InChI is InChI=1S/C13H21FN2O/c1-10-8-11(14)4-5-12(10)13(9-15)16-6-2-3-7-17/h4-5,8,13,16-17H,2-3,6-7,9,15H2,1H3. The van der Waals surface area contributed by atoms with Crippen LogP contribution in [0, 0.1) is 12.7 Å². The third kappa shape index (κ3) is 4.42. The molecule has 1 unspecified atom stereocenters. The summed E-state index contributed by atoms with van der Waals surface area (Å²) in [4.78, 5) is 0. The van der Waals surface area contributed by atoms with E-state index in [1.165, 1.54) is 12.1 Å². The van der Waals surface area contributed by atoms with Crippen LogP contribution in [-0.4, -0.2) is 24.8 Å². The number of rotatable bonds is 7. The minimum atomic E-state index is -0.220. The molecule has 0 aliphatic rings. The summed E-state index contributed by atoms with van der Waals surface area (Å²) in [5, 5.41) is 12.0. The van der Waals surface area contributed by atoms with E-state index >= 15 is 0 Å². The first-order chi connectivity index (χ1) is 8.19. The zero-order valence-corrected chi connectivity index (χ0v) is 10.2. The molecular formula is C13H21FN2O. The highest BCUT2D eigenvalue weighted by Crippen LogP contribution is 2.17. The minimum absolute atomic E-state index is 0.0503. The van der Waals surface area contributed by atoms with Crippen molar-refractivity contribution in [2.75, 3.05) is 19.7 Å². The summed E-state index contributed by atoms with van der Waals surface area (Å²) < 4.78 is 13.0. The highest BCUT2D eigenvalue weighted by atomic mass is 19.1. The number of hydrogen-bond acceptors (Lipinski definition) is 3. The zero-order chi connectivity index (χ0) is 12.7. The van der Waals surface area contributed by atoms with Crippen molar-refractivity contribution in [1.82, 2.24) is 5.32 Å². The number of nitrogens with one attached hydrogen (secondary N) is 1. The van der Waals surface area contributed by atoms with Crippen molar-refractivity contribution < 1.29 is 9.50 Å². The van der Waals surface area contributed by atoms with E-state index in [0.29, 0.717) is 6.54 Å². The molecular weight excluding hydrogens is 219 g/mol. The van der Waals surface area contributed by atoms with E-state index in [4.69, 9.17) is 10.8 Å². The number of aryl methyl sites for hydroxylation is 1. The van der Waals surface area contributed by atoms with Crippen molar-refractivity contribution in [1.29, 1.82) is 0 Å². The summed E-state index contributed by atoms with van der Waals surface area (Å²) in [6.07, 6.45) is 1.69. The number of benzene rings is 1. The maximum atomic E-state index is 13.0. The monoisotopic (exact) mass is 240 g/mol. The molecule has 4 heteroatoms. The Morgan fingerprint density at radius 1 is 1.41 bits per heavy atom. The van der Waals surface area contributed by atoms with E-state index in [1.54, 1.807) is 6.07 Å². The van der Waals surface area contributed by atoms with E-state index in [2.05, 4.69) is 5.32 Å². The predicted molar refractivity (Wildman–Crippen MR) is 67.3 cm³/mol. The molecule has 0 spiro atoms. The van der Waals surface area contributed by atoms with Crippen LogP contribution in [0.1, 0.15) is 30.0 Å². The third-order valence-electron chi connectivity index (χ3n) is 2.82. The van der Waals surface area contributed by atoms with Gasteiger partial charge < -0.3 is 16.2 Å². The van der Waals surface area contributed by atoms with Gasteiger partial charge in [0.1, 0.15) is 5.82 Å². The topological polar surface area (TPSA) is 58.3 Å². The molecule has 1 rings (SSSR count). The van der Waals surface area contributed by atoms with Gasteiger partial charge in [-0.1, -0.05) is 6.07 Å². The molecule has 0 radical (unpaired) electrons. The largest absolute Gasteiger partial charge is 0.396 e. The van der Waals surface area contributed by atoms with Crippen molar-refractivity contribution in [3.05, 3.63) is 35.1 Å². The Bertz CT molecular complexity index is 344. The Labute approximate surface area is 102 Å². The molecule has 0 heterocycles. The van der Waals surface area contributed by atoms with Gasteiger partial charge in [-0.2, -0.15) is 0 Å². The van der Waals surface area contributed by atoms with Crippen molar-refractivity contribution in [3.63, 3.8) is 0 Å². The Morgan fingerprint density at radius 3 is 2.76 bits per heavy atom. The lowest BCUT2D eigenvalue weighted by Gasteiger charge is -2.19. The summed E-state index contributed by atoms with van der Waals surface area (Å²) in [7, 11) is 0. The van der Waals surface area contributed by atoms with Gasteiger partial charge in [0, 0.05) is 19.2 Å². The fourth-order valence-electron chi connectivity index (χ4n) is 1.86. The predicted octanol–water partition coefficient (Wildman–Crippen LogP) is 1.50. The number of hydrogen-bond donors (Lipinski definition) is 3. The fourth-order valence-corrected chi connectivity index (χ4v) is 1.86. The number of halogens is 1. The Hall–Kier alpha value is -0.970.